The minimum atomic E-state index is -0.691. The summed E-state index contributed by atoms with van der Waals surface area (Å²) in [6, 6.07) is 6.85. The summed E-state index contributed by atoms with van der Waals surface area (Å²) < 4.78 is 5.70. The Kier molecular flexibility index (Phi) is 5.45. The number of primary amides is 1. The Morgan fingerprint density at radius 1 is 1.50 bits per heavy atom. The third-order valence-electron chi connectivity index (χ3n) is 2.64. The van der Waals surface area contributed by atoms with Gasteiger partial charge in [-0.2, -0.15) is 0 Å². The van der Waals surface area contributed by atoms with Crippen molar-refractivity contribution in [2.45, 2.75) is 32.4 Å². The Bertz CT molecular complexity index is 396. The van der Waals surface area contributed by atoms with Crippen LogP contribution in [-0.2, 0) is 4.79 Å². The SMILES string of the molecule is CCC(C)Oc1cccc(NCC(N)C(N)=O)c1. The second-order valence-electron chi connectivity index (χ2n) is 4.25. The second kappa shape index (κ2) is 6.86. The van der Waals surface area contributed by atoms with Crippen LogP contribution in [0.25, 0.3) is 0 Å². The zero-order valence-corrected chi connectivity index (χ0v) is 10.8. The summed E-state index contributed by atoms with van der Waals surface area (Å²) >= 11 is 0. The lowest BCUT2D eigenvalue weighted by molar-refractivity contribution is -0.118. The predicted molar refractivity (Wildman–Crippen MR) is 72.5 cm³/mol. The van der Waals surface area contributed by atoms with Crippen LogP contribution in [-0.4, -0.2) is 24.6 Å². The zero-order valence-electron chi connectivity index (χ0n) is 10.8. The van der Waals surface area contributed by atoms with E-state index in [4.69, 9.17) is 16.2 Å². The van der Waals surface area contributed by atoms with Gasteiger partial charge in [-0.15, -0.1) is 0 Å². The number of nitrogens with two attached hydrogens (primary N) is 2. The summed E-state index contributed by atoms with van der Waals surface area (Å²) in [6.45, 7) is 4.39. The molecule has 1 aromatic rings. The zero-order chi connectivity index (χ0) is 13.5. The molecule has 0 radical (unpaired) electrons. The molecule has 2 atom stereocenters. The van der Waals surface area contributed by atoms with Gasteiger partial charge in [-0.05, 0) is 25.5 Å². The molecule has 5 heteroatoms. The normalized spacial score (nSPS) is 13.7. The fourth-order valence-electron chi connectivity index (χ4n) is 1.32. The van der Waals surface area contributed by atoms with Crippen LogP contribution in [0, 0.1) is 0 Å². The maximum absolute atomic E-state index is 10.8. The highest BCUT2D eigenvalue weighted by Gasteiger charge is 2.08. The molecule has 1 amide bonds. The van der Waals surface area contributed by atoms with Crippen molar-refractivity contribution in [3.63, 3.8) is 0 Å². The Morgan fingerprint density at radius 3 is 2.83 bits per heavy atom. The smallest absolute Gasteiger partial charge is 0.236 e. The van der Waals surface area contributed by atoms with Gasteiger partial charge in [-0.1, -0.05) is 13.0 Å². The third-order valence-corrected chi connectivity index (χ3v) is 2.64. The summed E-state index contributed by atoms with van der Waals surface area (Å²) in [6.07, 6.45) is 1.12. The second-order valence-corrected chi connectivity index (χ2v) is 4.25. The van der Waals surface area contributed by atoms with Gasteiger partial charge < -0.3 is 21.5 Å². The highest BCUT2D eigenvalue weighted by Crippen LogP contribution is 2.19. The van der Waals surface area contributed by atoms with Gasteiger partial charge in [-0.3, -0.25) is 4.79 Å². The van der Waals surface area contributed by atoms with Crippen LogP contribution >= 0.6 is 0 Å². The molecule has 5 nitrogen and oxygen atoms in total. The minimum Gasteiger partial charge on any atom is -0.491 e. The van der Waals surface area contributed by atoms with Gasteiger partial charge in [0.25, 0.3) is 0 Å². The molecule has 1 aromatic carbocycles. The van der Waals surface area contributed by atoms with Crippen molar-refractivity contribution < 1.29 is 9.53 Å². The van der Waals surface area contributed by atoms with Crippen LogP contribution in [0.3, 0.4) is 0 Å². The van der Waals surface area contributed by atoms with Crippen LogP contribution in [0.5, 0.6) is 5.75 Å². The van der Waals surface area contributed by atoms with Crippen molar-refractivity contribution in [2.24, 2.45) is 11.5 Å². The molecule has 0 fully saturated rings. The highest BCUT2D eigenvalue weighted by atomic mass is 16.5. The van der Waals surface area contributed by atoms with Crippen LogP contribution < -0.4 is 21.5 Å². The van der Waals surface area contributed by atoms with Crippen molar-refractivity contribution in [3.8, 4) is 5.75 Å². The Labute approximate surface area is 107 Å². The average Bonchev–Trinajstić information content (AvgIpc) is 2.36. The molecule has 0 aliphatic heterocycles. The van der Waals surface area contributed by atoms with E-state index in [2.05, 4.69) is 12.2 Å². The Morgan fingerprint density at radius 2 is 2.22 bits per heavy atom. The number of benzene rings is 1. The summed E-state index contributed by atoms with van der Waals surface area (Å²) in [5.74, 6) is 0.275. The van der Waals surface area contributed by atoms with E-state index in [-0.39, 0.29) is 6.10 Å². The van der Waals surface area contributed by atoms with E-state index in [1.165, 1.54) is 0 Å². The molecule has 0 saturated carbocycles. The largest absolute Gasteiger partial charge is 0.491 e. The van der Waals surface area contributed by atoms with Crippen molar-refractivity contribution in [1.82, 2.24) is 0 Å². The molecule has 0 saturated heterocycles. The first kappa shape index (κ1) is 14.3. The van der Waals surface area contributed by atoms with E-state index in [0.717, 1.165) is 17.9 Å². The van der Waals surface area contributed by atoms with Crippen molar-refractivity contribution >= 4 is 11.6 Å². The predicted octanol–water partition coefficient (Wildman–Crippen LogP) is 1.09. The van der Waals surface area contributed by atoms with E-state index >= 15 is 0 Å². The molecule has 0 aliphatic rings. The van der Waals surface area contributed by atoms with Gasteiger partial charge in [0.15, 0.2) is 0 Å². The molecule has 0 bridgehead atoms. The number of rotatable bonds is 7. The van der Waals surface area contributed by atoms with Gasteiger partial charge in [0, 0.05) is 18.3 Å². The van der Waals surface area contributed by atoms with Gasteiger partial charge >= 0.3 is 0 Å². The number of hydrogen-bond donors (Lipinski definition) is 3. The number of ether oxygens (including phenoxy) is 1. The molecule has 18 heavy (non-hydrogen) atoms. The van der Waals surface area contributed by atoms with Gasteiger partial charge in [0.2, 0.25) is 5.91 Å². The molecule has 0 aliphatic carbocycles. The lowest BCUT2D eigenvalue weighted by Gasteiger charge is -2.15. The molecular weight excluding hydrogens is 230 g/mol. The summed E-state index contributed by atoms with van der Waals surface area (Å²) in [4.78, 5) is 10.8. The average molecular weight is 251 g/mol. The van der Waals surface area contributed by atoms with E-state index in [9.17, 15) is 4.79 Å². The maximum Gasteiger partial charge on any atom is 0.236 e. The van der Waals surface area contributed by atoms with Crippen LogP contribution in [0.2, 0.25) is 0 Å². The number of carbonyl (C=O) groups is 1. The Hall–Kier alpha value is -1.75. The molecule has 2 unspecified atom stereocenters. The van der Waals surface area contributed by atoms with Crippen molar-refractivity contribution in [2.75, 3.05) is 11.9 Å². The van der Waals surface area contributed by atoms with Crippen LogP contribution in [0.1, 0.15) is 20.3 Å². The molecule has 5 N–H and O–H groups in total. The molecule has 1 rings (SSSR count). The van der Waals surface area contributed by atoms with Gasteiger partial charge in [0.05, 0.1) is 6.10 Å². The number of hydrogen-bond acceptors (Lipinski definition) is 4. The molecule has 0 aromatic heterocycles. The highest BCUT2D eigenvalue weighted by molar-refractivity contribution is 5.80. The van der Waals surface area contributed by atoms with E-state index in [1.807, 2.05) is 31.2 Å². The number of nitrogens with one attached hydrogen (secondary N) is 1. The fraction of sp³-hybridized carbons (Fsp3) is 0.462. The van der Waals surface area contributed by atoms with E-state index in [1.54, 1.807) is 0 Å². The number of amides is 1. The van der Waals surface area contributed by atoms with Crippen molar-refractivity contribution in [1.29, 1.82) is 0 Å². The van der Waals surface area contributed by atoms with Crippen LogP contribution in [0.15, 0.2) is 24.3 Å². The third kappa shape index (κ3) is 4.63. The van der Waals surface area contributed by atoms with Crippen LogP contribution in [0.4, 0.5) is 5.69 Å². The molecule has 0 heterocycles. The summed E-state index contributed by atoms with van der Waals surface area (Å²) in [7, 11) is 0. The number of anilines is 1. The fourth-order valence-corrected chi connectivity index (χ4v) is 1.32. The monoisotopic (exact) mass is 251 g/mol. The Balaban J connectivity index is 2.56. The van der Waals surface area contributed by atoms with E-state index < -0.39 is 11.9 Å². The summed E-state index contributed by atoms with van der Waals surface area (Å²) in [5.41, 5.74) is 11.5. The number of carbonyl (C=O) groups excluding carboxylic acids is 1. The first-order valence-corrected chi connectivity index (χ1v) is 6.08. The summed E-state index contributed by atoms with van der Waals surface area (Å²) in [5, 5.41) is 3.05. The molecule has 100 valence electrons. The maximum atomic E-state index is 10.8. The molecular formula is C13H21N3O2. The quantitative estimate of drug-likeness (QED) is 0.676. The first-order chi connectivity index (χ1) is 8.52. The van der Waals surface area contributed by atoms with E-state index in [0.29, 0.717) is 6.54 Å². The standard InChI is InChI=1S/C13H21N3O2/c1-3-9(2)18-11-6-4-5-10(7-11)16-8-12(14)13(15)17/h4-7,9,12,16H,3,8,14H2,1-2H3,(H2,15,17). The van der Waals surface area contributed by atoms with Crippen molar-refractivity contribution in [3.05, 3.63) is 24.3 Å². The topological polar surface area (TPSA) is 90.4 Å². The molecule has 0 spiro atoms. The lowest BCUT2D eigenvalue weighted by atomic mass is 10.2. The minimum absolute atomic E-state index is 0.174. The van der Waals surface area contributed by atoms with Gasteiger partial charge in [0.1, 0.15) is 11.8 Å². The van der Waals surface area contributed by atoms with Gasteiger partial charge in [-0.25, -0.2) is 0 Å². The lowest BCUT2D eigenvalue weighted by Crippen LogP contribution is -2.41. The first-order valence-electron chi connectivity index (χ1n) is 6.08.